The number of furan rings is 1. The predicted octanol–water partition coefficient (Wildman–Crippen LogP) is 4.83. The van der Waals surface area contributed by atoms with Gasteiger partial charge in [-0.15, -0.1) is 0 Å². The lowest BCUT2D eigenvalue weighted by atomic mass is 10.1. The van der Waals surface area contributed by atoms with Gasteiger partial charge in [0.1, 0.15) is 11.3 Å². The molecule has 0 spiro atoms. The molecule has 0 bridgehead atoms. The summed E-state index contributed by atoms with van der Waals surface area (Å²) in [5.74, 6) is 0.943. The van der Waals surface area contributed by atoms with Crippen molar-refractivity contribution in [1.29, 1.82) is 0 Å². The van der Waals surface area contributed by atoms with Crippen LogP contribution in [-0.4, -0.2) is 39.2 Å². The van der Waals surface area contributed by atoms with Gasteiger partial charge in [-0.1, -0.05) is 48.5 Å². The maximum Gasteiger partial charge on any atom is 0.220 e. The Morgan fingerprint density at radius 1 is 1.15 bits per heavy atom. The second-order valence-corrected chi connectivity index (χ2v) is 9.16. The van der Waals surface area contributed by atoms with Crippen molar-refractivity contribution in [2.45, 2.75) is 51.9 Å². The minimum Gasteiger partial charge on any atom is -0.454 e. The zero-order valence-electron chi connectivity index (χ0n) is 19.2. The van der Waals surface area contributed by atoms with Crippen LogP contribution in [0, 0.1) is 0 Å². The third-order valence-corrected chi connectivity index (χ3v) is 6.33. The Morgan fingerprint density at radius 3 is 2.67 bits per heavy atom. The fourth-order valence-corrected chi connectivity index (χ4v) is 4.51. The maximum absolute atomic E-state index is 11.7. The van der Waals surface area contributed by atoms with Crippen LogP contribution in [-0.2, 0) is 17.9 Å². The van der Waals surface area contributed by atoms with Crippen LogP contribution in [0.15, 0.2) is 71.3 Å². The second kappa shape index (κ2) is 9.24. The molecule has 170 valence electrons. The number of nitrogens with one attached hydrogen (secondary N) is 1. The number of benzene rings is 2. The van der Waals surface area contributed by atoms with Crippen molar-refractivity contribution in [3.8, 4) is 11.5 Å². The van der Waals surface area contributed by atoms with Crippen molar-refractivity contribution in [2.75, 3.05) is 6.54 Å². The van der Waals surface area contributed by atoms with E-state index in [9.17, 15) is 4.79 Å². The fourth-order valence-electron chi connectivity index (χ4n) is 4.51. The molecule has 1 amide bonds. The van der Waals surface area contributed by atoms with Crippen LogP contribution in [0.1, 0.15) is 37.8 Å². The third-order valence-electron chi connectivity index (χ3n) is 6.33. The van der Waals surface area contributed by atoms with Crippen molar-refractivity contribution < 1.29 is 9.21 Å². The quantitative estimate of drug-likeness (QED) is 0.424. The number of para-hydroxylation sites is 1. The molecule has 1 atom stereocenters. The van der Waals surface area contributed by atoms with E-state index in [0.717, 1.165) is 47.5 Å². The van der Waals surface area contributed by atoms with Crippen LogP contribution in [0.2, 0.25) is 0 Å². The summed E-state index contributed by atoms with van der Waals surface area (Å²) >= 11 is 0. The first-order valence-electron chi connectivity index (χ1n) is 11.7. The average Bonchev–Trinajstić information content (AvgIpc) is 3.52. The van der Waals surface area contributed by atoms with E-state index in [1.54, 1.807) is 0 Å². The highest BCUT2D eigenvalue weighted by Crippen LogP contribution is 2.30. The molecule has 1 saturated heterocycles. The van der Waals surface area contributed by atoms with Gasteiger partial charge in [0.25, 0.3) is 0 Å². The van der Waals surface area contributed by atoms with Gasteiger partial charge in [0.15, 0.2) is 5.76 Å². The van der Waals surface area contributed by atoms with Crippen molar-refractivity contribution in [3.05, 3.63) is 78.0 Å². The molecular formula is C27H30N4O2. The molecule has 4 aromatic rings. The Balaban J connectivity index is 1.47. The molecule has 1 aliphatic heterocycles. The first kappa shape index (κ1) is 21.5. The molecule has 0 unspecified atom stereocenters. The van der Waals surface area contributed by atoms with Gasteiger partial charge < -0.3 is 9.73 Å². The Kier molecular flexibility index (Phi) is 6.01. The molecule has 0 radical (unpaired) electrons. The van der Waals surface area contributed by atoms with Crippen LogP contribution in [0.4, 0.5) is 0 Å². The molecule has 5 rings (SSSR count). The number of carbonyl (C=O) groups is 1. The van der Waals surface area contributed by atoms with E-state index in [0.29, 0.717) is 19.0 Å². The molecule has 2 aromatic heterocycles. The number of nitrogens with zero attached hydrogens (tertiary/aromatic N) is 3. The summed E-state index contributed by atoms with van der Waals surface area (Å²) < 4.78 is 8.20. The van der Waals surface area contributed by atoms with Gasteiger partial charge in [-0.3, -0.25) is 14.4 Å². The maximum atomic E-state index is 11.7. The van der Waals surface area contributed by atoms with Crippen molar-refractivity contribution in [3.63, 3.8) is 0 Å². The molecule has 0 saturated carbocycles. The van der Waals surface area contributed by atoms with Crippen molar-refractivity contribution in [2.24, 2.45) is 0 Å². The topological polar surface area (TPSA) is 63.3 Å². The standard InChI is InChI=1S/C27H30N4O2/c1-19(2)30(18-23-12-13-26(32)28-23)16-22-17-31(15-20-8-4-3-5-9-20)29-27(22)25-14-21-10-6-7-11-24(21)33-25/h3-11,14,17,19,23H,12-13,15-16,18H2,1-2H3,(H,28,32)/t23-/m0/s1. The molecule has 33 heavy (non-hydrogen) atoms. The van der Waals surface area contributed by atoms with Crippen molar-refractivity contribution >= 4 is 16.9 Å². The van der Waals surface area contributed by atoms with Gasteiger partial charge in [-0.25, -0.2) is 0 Å². The van der Waals surface area contributed by atoms with Gasteiger partial charge in [0.05, 0.1) is 6.54 Å². The normalized spacial score (nSPS) is 16.2. The largest absolute Gasteiger partial charge is 0.454 e. The van der Waals surface area contributed by atoms with Crippen LogP contribution < -0.4 is 5.32 Å². The summed E-state index contributed by atoms with van der Waals surface area (Å²) in [6.07, 6.45) is 3.65. The smallest absolute Gasteiger partial charge is 0.220 e. The number of hydrogen-bond donors (Lipinski definition) is 1. The van der Waals surface area contributed by atoms with E-state index < -0.39 is 0 Å². The molecule has 1 fully saturated rings. The number of fused-ring (bicyclic) bond motifs is 1. The average molecular weight is 443 g/mol. The molecular weight excluding hydrogens is 412 g/mol. The monoisotopic (exact) mass is 442 g/mol. The SMILES string of the molecule is CC(C)N(Cc1cn(Cc2ccccc2)nc1-c1cc2ccccc2o1)C[C@@H]1CCC(=O)N1. The molecule has 1 N–H and O–H groups in total. The first-order valence-corrected chi connectivity index (χ1v) is 11.7. The lowest BCUT2D eigenvalue weighted by Crippen LogP contribution is -2.41. The highest BCUT2D eigenvalue weighted by molar-refractivity contribution is 5.82. The van der Waals surface area contributed by atoms with E-state index in [1.165, 1.54) is 5.56 Å². The van der Waals surface area contributed by atoms with Crippen LogP contribution >= 0.6 is 0 Å². The van der Waals surface area contributed by atoms with E-state index in [4.69, 9.17) is 9.52 Å². The van der Waals surface area contributed by atoms with E-state index in [-0.39, 0.29) is 11.9 Å². The molecule has 6 nitrogen and oxygen atoms in total. The Morgan fingerprint density at radius 2 is 1.94 bits per heavy atom. The Bertz CT molecular complexity index is 1210. The Hall–Kier alpha value is -3.38. The molecule has 2 aromatic carbocycles. The summed E-state index contributed by atoms with van der Waals surface area (Å²) in [5, 5.41) is 9.14. The highest BCUT2D eigenvalue weighted by Gasteiger charge is 2.26. The lowest BCUT2D eigenvalue weighted by molar-refractivity contribution is -0.119. The zero-order valence-corrected chi connectivity index (χ0v) is 19.2. The molecule has 3 heterocycles. The minimum atomic E-state index is 0.155. The lowest BCUT2D eigenvalue weighted by Gasteiger charge is -2.29. The van der Waals surface area contributed by atoms with Crippen LogP contribution in [0.25, 0.3) is 22.4 Å². The Labute approximate surface area is 194 Å². The van der Waals surface area contributed by atoms with E-state index in [1.807, 2.05) is 28.9 Å². The van der Waals surface area contributed by atoms with Gasteiger partial charge in [0, 0.05) is 48.7 Å². The van der Waals surface area contributed by atoms with Crippen molar-refractivity contribution in [1.82, 2.24) is 20.0 Å². The second-order valence-electron chi connectivity index (χ2n) is 9.16. The molecule has 1 aliphatic rings. The van der Waals surface area contributed by atoms with E-state index in [2.05, 4.69) is 66.7 Å². The zero-order chi connectivity index (χ0) is 22.8. The van der Waals surface area contributed by atoms with Gasteiger partial charge in [-0.05, 0) is 38.0 Å². The number of amides is 1. The fraction of sp³-hybridized carbons (Fsp3) is 0.333. The molecule has 6 heteroatoms. The summed E-state index contributed by atoms with van der Waals surface area (Å²) in [4.78, 5) is 14.1. The summed E-state index contributed by atoms with van der Waals surface area (Å²) in [6, 6.07) is 21.0. The summed E-state index contributed by atoms with van der Waals surface area (Å²) in [6.45, 7) is 6.67. The van der Waals surface area contributed by atoms with Gasteiger partial charge >= 0.3 is 0 Å². The third kappa shape index (κ3) is 4.86. The van der Waals surface area contributed by atoms with Crippen LogP contribution in [0.3, 0.4) is 0 Å². The van der Waals surface area contributed by atoms with Crippen LogP contribution in [0.5, 0.6) is 0 Å². The predicted molar refractivity (Wildman–Crippen MR) is 130 cm³/mol. The number of hydrogen-bond acceptors (Lipinski definition) is 4. The molecule has 0 aliphatic carbocycles. The first-order chi connectivity index (χ1) is 16.0. The summed E-state index contributed by atoms with van der Waals surface area (Å²) in [7, 11) is 0. The summed E-state index contributed by atoms with van der Waals surface area (Å²) in [5.41, 5.74) is 4.08. The highest BCUT2D eigenvalue weighted by atomic mass is 16.3. The van der Waals surface area contributed by atoms with Gasteiger partial charge in [-0.2, -0.15) is 5.10 Å². The number of rotatable bonds is 8. The minimum absolute atomic E-state index is 0.155. The number of carbonyl (C=O) groups excluding carboxylic acids is 1. The van der Waals surface area contributed by atoms with Gasteiger partial charge in [0.2, 0.25) is 5.91 Å². The van der Waals surface area contributed by atoms with E-state index >= 15 is 0 Å². The number of aromatic nitrogens is 2.